The molecule has 1 fully saturated rings. The number of hydrogen-bond donors (Lipinski definition) is 1. The van der Waals surface area contributed by atoms with Gasteiger partial charge in [0.2, 0.25) is 5.91 Å². The van der Waals surface area contributed by atoms with Crippen LogP contribution < -0.4 is 5.56 Å². The summed E-state index contributed by atoms with van der Waals surface area (Å²) in [5.41, 5.74) is 5.25. The van der Waals surface area contributed by atoms with Gasteiger partial charge in [0.15, 0.2) is 0 Å². The van der Waals surface area contributed by atoms with E-state index in [-0.39, 0.29) is 23.9 Å². The van der Waals surface area contributed by atoms with Crippen LogP contribution in [-0.2, 0) is 22.5 Å². The van der Waals surface area contributed by atoms with Crippen LogP contribution in [0.15, 0.2) is 35.1 Å². The molecular weight excluding hydrogens is 418 g/mol. The van der Waals surface area contributed by atoms with Crippen LogP contribution in [0.5, 0.6) is 0 Å². The van der Waals surface area contributed by atoms with Crippen molar-refractivity contribution in [2.24, 2.45) is 0 Å². The lowest BCUT2D eigenvalue weighted by molar-refractivity contribution is -0.140. The van der Waals surface area contributed by atoms with E-state index < -0.39 is 0 Å². The zero-order chi connectivity index (χ0) is 23.5. The van der Waals surface area contributed by atoms with Gasteiger partial charge in [0, 0.05) is 35.5 Å². The molecule has 1 aliphatic rings. The highest BCUT2D eigenvalue weighted by Gasteiger charge is 2.32. The van der Waals surface area contributed by atoms with E-state index in [1.54, 1.807) is 6.92 Å². The highest BCUT2D eigenvalue weighted by Crippen LogP contribution is 2.30. The number of amides is 1. The van der Waals surface area contributed by atoms with Crippen LogP contribution in [0.2, 0.25) is 0 Å². The molecule has 8 heteroatoms. The molecule has 1 aromatic carbocycles. The highest BCUT2D eigenvalue weighted by molar-refractivity contribution is 5.77. The van der Waals surface area contributed by atoms with Crippen LogP contribution in [0.3, 0.4) is 0 Å². The molecule has 0 aliphatic carbocycles. The van der Waals surface area contributed by atoms with Crippen molar-refractivity contribution in [1.29, 1.82) is 0 Å². The van der Waals surface area contributed by atoms with Gasteiger partial charge in [-0.1, -0.05) is 30.3 Å². The minimum Gasteiger partial charge on any atom is -0.377 e. The summed E-state index contributed by atoms with van der Waals surface area (Å²) < 4.78 is 7.77. The lowest BCUT2D eigenvalue weighted by Gasteiger charge is -2.36. The van der Waals surface area contributed by atoms with Crippen molar-refractivity contribution in [3.63, 3.8) is 0 Å². The molecule has 3 aromatic rings. The second-order valence-electron chi connectivity index (χ2n) is 8.62. The number of ether oxygens (including phenoxy) is 1. The monoisotopic (exact) mass is 449 g/mol. The molecule has 0 saturated carbocycles. The molecule has 1 amide bonds. The number of aromatic amines is 1. The number of carbonyl (C=O) groups is 1. The molecule has 1 unspecified atom stereocenters. The first-order valence-corrected chi connectivity index (χ1v) is 11.4. The maximum atomic E-state index is 13.3. The van der Waals surface area contributed by atoms with Crippen LogP contribution in [-0.4, -0.2) is 50.3 Å². The Morgan fingerprint density at radius 1 is 1.15 bits per heavy atom. The number of H-pyrrole nitrogens is 1. The summed E-state index contributed by atoms with van der Waals surface area (Å²) in [6.45, 7) is 9.75. The molecule has 1 aliphatic heterocycles. The first kappa shape index (κ1) is 22.9. The zero-order valence-corrected chi connectivity index (χ0v) is 19.7. The molecule has 174 valence electrons. The number of aryl methyl sites for hydroxylation is 3. The largest absolute Gasteiger partial charge is 0.377 e. The molecule has 0 bridgehead atoms. The van der Waals surface area contributed by atoms with Crippen molar-refractivity contribution in [3.8, 4) is 0 Å². The second kappa shape index (κ2) is 9.70. The fourth-order valence-corrected chi connectivity index (χ4v) is 4.67. The number of rotatable bonds is 6. The van der Waals surface area contributed by atoms with Gasteiger partial charge in [-0.2, -0.15) is 5.10 Å². The molecule has 8 nitrogen and oxygen atoms in total. The van der Waals surface area contributed by atoms with Gasteiger partial charge in [-0.05, 0) is 39.7 Å². The second-order valence-corrected chi connectivity index (χ2v) is 8.62. The Morgan fingerprint density at radius 2 is 1.91 bits per heavy atom. The Balaban J connectivity index is 1.54. The summed E-state index contributed by atoms with van der Waals surface area (Å²) in [7, 11) is 0. The van der Waals surface area contributed by atoms with E-state index >= 15 is 0 Å². The van der Waals surface area contributed by atoms with Crippen LogP contribution in [0, 0.1) is 27.7 Å². The van der Waals surface area contributed by atoms with Gasteiger partial charge < -0.3 is 14.6 Å². The van der Waals surface area contributed by atoms with Crippen molar-refractivity contribution in [1.82, 2.24) is 24.6 Å². The smallest absolute Gasteiger partial charge is 0.254 e. The quantitative estimate of drug-likeness (QED) is 0.625. The highest BCUT2D eigenvalue weighted by atomic mass is 16.5. The summed E-state index contributed by atoms with van der Waals surface area (Å²) >= 11 is 0. The van der Waals surface area contributed by atoms with E-state index in [1.165, 1.54) is 5.56 Å². The van der Waals surface area contributed by atoms with Crippen LogP contribution in [0.25, 0.3) is 0 Å². The molecule has 2 aromatic heterocycles. The maximum Gasteiger partial charge on any atom is 0.254 e. The third-order valence-corrected chi connectivity index (χ3v) is 6.32. The van der Waals surface area contributed by atoms with Crippen molar-refractivity contribution < 1.29 is 9.53 Å². The molecule has 0 radical (unpaired) electrons. The van der Waals surface area contributed by atoms with Crippen LogP contribution in [0.4, 0.5) is 0 Å². The fourth-order valence-electron chi connectivity index (χ4n) is 4.67. The van der Waals surface area contributed by atoms with Gasteiger partial charge in [-0.15, -0.1) is 0 Å². The summed E-state index contributed by atoms with van der Waals surface area (Å²) in [5.74, 6) is 0.594. The summed E-state index contributed by atoms with van der Waals surface area (Å²) in [6.07, 6.45) is 0.615. The number of aromatic nitrogens is 4. The molecular formula is C25H31N5O3. The predicted octanol–water partition coefficient (Wildman–Crippen LogP) is 2.78. The van der Waals surface area contributed by atoms with Crippen molar-refractivity contribution in [2.75, 3.05) is 19.8 Å². The van der Waals surface area contributed by atoms with E-state index in [4.69, 9.17) is 9.84 Å². The number of nitrogens with zero attached hydrogens (tertiary/aromatic N) is 4. The van der Waals surface area contributed by atoms with Crippen molar-refractivity contribution in [2.45, 2.75) is 53.1 Å². The third kappa shape index (κ3) is 4.90. The molecule has 4 rings (SSSR count). The van der Waals surface area contributed by atoms with E-state index in [0.717, 1.165) is 17.0 Å². The summed E-state index contributed by atoms with van der Waals surface area (Å²) in [6, 6.07) is 10.0. The Hall–Kier alpha value is -3.26. The minimum absolute atomic E-state index is 0.0114. The molecule has 1 N–H and O–H groups in total. The Kier molecular flexibility index (Phi) is 6.74. The Labute approximate surface area is 193 Å². The third-order valence-electron chi connectivity index (χ3n) is 6.32. The lowest BCUT2D eigenvalue weighted by atomic mass is 10.0. The Morgan fingerprint density at radius 3 is 2.64 bits per heavy atom. The van der Waals surface area contributed by atoms with Crippen molar-refractivity contribution in [3.05, 3.63) is 80.3 Å². The van der Waals surface area contributed by atoms with E-state index in [9.17, 15) is 9.59 Å². The van der Waals surface area contributed by atoms with Crippen LogP contribution >= 0.6 is 0 Å². The lowest BCUT2D eigenvalue weighted by Crippen LogP contribution is -2.44. The molecule has 3 heterocycles. The molecule has 0 spiro atoms. The van der Waals surface area contributed by atoms with Crippen molar-refractivity contribution >= 4 is 5.91 Å². The molecule has 1 saturated heterocycles. The molecule has 33 heavy (non-hydrogen) atoms. The normalized spacial score (nSPS) is 16.2. The number of morpholine rings is 1. The first-order chi connectivity index (χ1) is 15.8. The zero-order valence-electron chi connectivity index (χ0n) is 19.7. The van der Waals surface area contributed by atoms with Gasteiger partial charge in [-0.3, -0.25) is 14.3 Å². The minimum atomic E-state index is -0.189. The standard InChI is InChI=1S/C25H31N5O3/c1-16-21(25(32)27-19(4)26-16)10-11-23(31)29-12-13-33-15-22(29)24-17(2)28-30(18(24)3)14-20-8-6-5-7-9-20/h5-9,22H,10-15H2,1-4H3,(H,26,27,32). The number of carbonyl (C=O) groups excluding carboxylic acids is 1. The average Bonchev–Trinajstić information content (AvgIpc) is 3.06. The SMILES string of the molecule is Cc1nc(C)c(CCC(=O)N2CCOCC2c2c(C)nn(Cc3ccccc3)c2C)c(=O)[nH]1. The van der Waals surface area contributed by atoms with Gasteiger partial charge in [0.1, 0.15) is 5.82 Å². The first-order valence-electron chi connectivity index (χ1n) is 11.4. The van der Waals surface area contributed by atoms with E-state index in [1.807, 2.05) is 41.6 Å². The number of nitrogens with one attached hydrogen (secondary N) is 1. The predicted molar refractivity (Wildman–Crippen MR) is 125 cm³/mol. The van der Waals surface area contributed by atoms with Crippen LogP contribution in [0.1, 0.15) is 52.1 Å². The number of benzene rings is 1. The summed E-state index contributed by atoms with van der Waals surface area (Å²) in [5, 5.41) is 4.77. The van der Waals surface area contributed by atoms with Gasteiger partial charge in [-0.25, -0.2) is 4.98 Å². The van der Waals surface area contributed by atoms with Gasteiger partial charge in [0.05, 0.1) is 31.5 Å². The summed E-state index contributed by atoms with van der Waals surface area (Å²) in [4.78, 5) is 34.6. The number of hydrogen-bond acceptors (Lipinski definition) is 5. The Bertz CT molecular complexity index is 1200. The average molecular weight is 450 g/mol. The maximum absolute atomic E-state index is 13.3. The topological polar surface area (TPSA) is 93.1 Å². The van der Waals surface area contributed by atoms with Gasteiger partial charge >= 0.3 is 0 Å². The molecule has 1 atom stereocenters. The van der Waals surface area contributed by atoms with E-state index in [0.29, 0.717) is 49.8 Å². The van der Waals surface area contributed by atoms with E-state index in [2.05, 4.69) is 29.0 Å². The fraction of sp³-hybridized carbons (Fsp3) is 0.440. The van der Waals surface area contributed by atoms with Gasteiger partial charge in [0.25, 0.3) is 5.56 Å².